The Bertz CT molecular complexity index is 1360. The van der Waals surface area contributed by atoms with Crippen LogP contribution in [0, 0.1) is 5.82 Å². The van der Waals surface area contributed by atoms with Crippen LogP contribution in [0.1, 0.15) is 23.6 Å². The first-order valence-electron chi connectivity index (χ1n) is 10.6. The molecule has 2 aromatic heterocycles. The van der Waals surface area contributed by atoms with Gasteiger partial charge in [-0.25, -0.2) is 19.3 Å². The van der Waals surface area contributed by atoms with Crippen LogP contribution >= 0.6 is 11.6 Å². The van der Waals surface area contributed by atoms with E-state index in [2.05, 4.69) is 25.6 Å². The van der Waals surface area contributed by atoms with E-state index < -0.39 is 0 Å². The number of aromatic nitrogens is 3. The van der Waals surface area contributed by atoms with Gasteiger partial charge in [0.2, 0.25) is 5.91 Å². The topological polar surface area (TPSA) is 89.0 Å². The fourth-order valence-corrected chi connectivity index (χ4v) is 3.37. The van der Waals surface area contributed by atoms with E-state index in [1.165, 1.54) is 25.4 Å². The lowest BCUT2D eigenvalue weighted by Gasteiger charge is -2.12. The zero-order chi connectivity index (χ0) is 24.6. The smallest absolute Gasteiger partial charge is 0.222 e. The summed E-state index contributed by atoms with van der Waals surface area (Å²) >= 11 is 6.40. The summed E-state index contributed by atoms with van der Waals surface area (Å²) in [5, 5.41) is 6.27. The summed E-state index contributed by atoms with van der Waals surface area (Å²) < 4.78 is 19.1. The molecule has 0 radical (unpaired) electrons. The van der Waals surface area contributed by atoms with Gasteiger partial charge in [0, 0.05) is 30.6 Å². The molecule has 2 heterocycles. The molecule has 0 saturated heterocycles. The lowest BCUT2D eigenvalue weighted by molar-refractivity contribution is -0.114. The first-order valence-corrected chi connectivity index (χ1v) is 11.0. The molecule has 0 atom stereocenters. The van der Waals surface area contributed by atoms with Crippen LogP contribution < -0.4 is 15.4 Å². The van der Waals surface area contributed by atoms with Gasteiger partial charge < -0.3 is 15.4 Å². The number of benzene rings is 2. The Labute approximate surface area is 206 Å². The number of hydrogen-bond donors (Lipinski definition) is 2. The van der Waals surface area contributed by atoms with Gasteiger partial charge in [0.25, 0.3) is 0 Å². The van der Waals surface area contributed by atoms with Gasteiger partial charge in [-0.3, -0.25) is 4.79 Å². The van der Waals surface area contributed by atoms with E-state index in [0.717, 1.165) is 11.1 Å². The molecular weight excluding hydrogens is 469 g/mol. The van der Waals surface area contributed by atoms with Crippen molar-refractivity contribution in [1.29, 1.82) is 0 Å². The average Bonchev–Trinajstić information content (AvgIpc) is 2.84. The fourth-order valence-electron chi connectivity index (χ4n) is 3.13. The molecule has 0 unspecified atom stereocenters. The van der Waals surface area contributed by atoms with E-state index in [0.29, 0.717) is 33.7 Å². The minimum Gasteiger partial charge on any atom is -0.487 e. The Hall–Kier alpha value is -4.30. The Balaban J connectivity index is 1.43. The fraction of sp³-hybridized carbons (Fsp3) is 0.0769. The first kappa shape index (κ1) is 23.8. The molecule has 4 rings (SSSR count). The Kier molecular flexibility index (Phi) is 7.64. The van der Waals surface area contributed by atoms with Gasteiger partial charge in [0.15, 0.2) is 0 Å². The number of carbonyl (C=O) groups is 1. The van der Waals surface area contributed by atoms with Crippen molar-refractivity contribution in [2.45, 2.75) is 13.5 Å². The SMILES string of the molecule is CC(=O)Nc1ccc(/C=C/c2cncnc2Nc2ccc(OCc3cccc(F)c3)c(Cl)c2)cn1. The summed E-state index contributed by atoms with van der Waals surface area (Å²) in [6.07, 6.45) is 8.51. The summed E-state index contributed by atoms with van der Waals surface area (Å²) in [4.78, 5) is 23.7. The number of amides is 1. The predicted molar refractivity (Wildman–Crippen MR) is 135 cm³/mol. The van der Waals surface area contributed by atoms with E-state index in [4.69, 9.17) is 16.3 Å². The van der Waals surface area contributed by atoms with Crippen LogP contribution in [0.3, 0.4) is 0 Å². The highest BCUT2D eigenvalue weighted by molar-refractivity contribution is 6.32. The first-order chi connectivity index (χ1) is 17.0. The zero-order valence-electron chi connectivity index (χ0n) is 18.7. The Morgan fingerprint density at radius 3 is 2.71 bits per heavy atom. The van der Waals surface area contributed by atoms with E-state index in [1.807, 2.05) is 24.3 Å². The van der Waals surface area contributed by atoms with E-state index >= 15 is 0 Å². The molecule has 9 heteroatoms. The molecule has 35 heavy (non-hydrogen) atoms. The molecule has 0 aliphatic heterocycles. The van der Waals surface area contributed by atoms with Gasteiger partial charge in [-0.1, -0.05) is 29.8 Å². The summed E-state index contributed by atoms with van der Waals surface area (Å²) in [6.45, 7) is 1.63. The number of nitrogens with zero attached hydrogens (tertiary/aromatic N) is 3. The number of carbonyl (C=O) groups excluding carboxylic acids is 1. The Morgan fingerprint density at radius 2 is 1.97 bits per heavy atom. The molecule has 0 fully saturated rings. The molecular formula is C26H21ClFN5O2. The lowest BCUT2D eigenvalue weighted by Crippen LogP contribution is -2.06. The van der Waals surface area contributed by atoms with Crippen LogP contribution in [-0.4, -0.2) is 20.9 Å². The molecule has 2 aromatic carbocycles. The second kappa shape index (κ2) is 11.2. The summed E-state index contributed by atoms with van der Waals surface area (Å²) in [7, 11) is 0. The summed E-state index contributed by atoms with van der Waals surface area (Å²) in [5.74, 6) is 1.07. The maximum Gasteiger partial charge on any atom is 0.222 e. The van der Waals surface area contributed by atoms with Crippen molar-refractivity contribution in [2.24, 2.45) is 0 Å². The van der Waals surface area contributed by atoms with Crippen LogP contribution in [0.15, 0.2) is 73.3 Å². The monoisotopic (exact) mass is 489 g/mol. The average molecular weight is 490 g/mol. The minimum absolute atomic E-state index is 0.177. The van der Waals surface area contributed by atoms with Crippen LogP contribution in [-0.2, 0) is 11.4 Å². The highest BCUT2D eigenvalue weighted by atomic mass is 35.5. The van der Waals surface area contributed by atoms with Crippen LogP contribution in [0.25, 0.3) is 12.2 Å². The summed E-state index contributed by atoms with van der Waals surface area (Å²) in [5.41, 5.74) is 3.01. The van der Waals surface area contributed by atoms with Crippen molar-refractivity contribution in [3.63, 3.8) is 0 Å². The van der Waals surface area contributed by atoms with E-state index in [9.17, 15) is 9.18 Å². The number of anilines is 3. The number of ether oxygens (including phenoxy) is 1. The van der Waals surface area contributed by atoms with Crippen LogP contribution in [0.4, 0.5) is 21.7 Å². The molecule has 7 nitrogen and oxygen atoms in total. The number of pyridine rings is 1. The van der Waals surface area contributed by atoms with Gasteiger partial charge >= 0.3 is 0 Å². The minimum atomic E-state index is -0.315. The van der Waals surface area contributed by atoms with Crippen molar-refractivity contribution in [3.8, 4) is 5.75 Å². The third kappa shape index (κ3) is 6.84. The number of hydrogen-bond acceptors (Lipinski definition) is 6. The van der Waals surface area contributed by atoms with Crippen molar-refractivity contribution in [3.05, 3.63) is 101 Å². The second-order valence-electron chi connectivity index (χ2n) is 7.51. The maximum absolute atomic E-state index is 13.4. The van der Waals surface area contributed by atoms with E-state index in [1.54, 1.807) is 42.7 Å². The quantitative estimate of drug-likeness (QED) is 0.310. The third-order valence-electron chi connectivity index (χ3n) is 4.76. The van der Waals surface area contributed by atoms with Crippen molar-refractivity contribution in [2.75, 3.05) is 10.6 Å². The molecule has 0 aliphatic rings. The third-order valence-corrected chi connectivity index (χ3v) is 5.06. The second-order valence-corrected chi connectivity index (χ2v) is 7.91. The van der Waals surface area contributed by atoms with Crippen LogP contribution in [0.5, 0.6) is 5.75 Å². The molecule has 1 amide bonds. The molecule has 0 spiro atoms. The highest BCUT2D eigenvalue weighted by Gasteiger charge is 2.07. The molecule has 0 saturated carbocycles. The van der Waals surface area contributed by atoms with Crippen LogP contribution in [0.2, 0.25) is 5.02 Å². The van der Waals surface area contributed by atoms with Gasteiger partial charge in [-0.15, -0.1) is 0 Å². The standard InChI is InChI=1S/C26H21ClFN5O2/c1-17(34)32-25-10-6-18(13-30-25)5-7-20-14-29-16-31-26(20)33-22-8-9-24(23(27)12-22)35-15-19-3-2-4-21(28)11-19/h2-14,16H,15H2,1H3,(H,29,31,33)(H,30,32,34)/b7-5+. The molecule has 2 N–H and O–H groups in total. The lowest BCUT2D eigenvalue weighted by atomic mass is 10.2. The number of rotatable bonds is 8. The van der Waals surface area contributed by atoms with Crippen molar-refractivity contribution in [1.82, 2.24) is 15.0 Å². The molecule has 0 bridgehead atoms. The Morgan fingerprint density at radius 1 is 1.09 bits per heavy atom. The number of halogens is 2. The van der Waals surface area contributed by atoms with Crippen molar-refractivity contribution < 1.29 is 13.9 Å². The van der Waals surface area contributed by atoms with Gasteiger partial charge in [0.05, 0.1) is 5.02 Å². The molecule has 176 valence electrons. The summed E-state index contributed by atoms with van der Waals surface area (Å²) in [6, 6.07) is 15.1. The largest absolute Gasteiger partial charge is 0.487 e. The highest BCUT2D eigenvalue weighted by Crippen LogP contribution is 2.30. The predicted octanol–water partition coefficient (Wildman–Crippen LogP) is 6.12. The van der Waals surface area contributed by atoms with Gasteiger partial charge in [-0.05, 0) is 59.7 Å². The normalized spacial score (nSPS) is 10.8. The van der Waals surface area contributed by atoms with Crippen molar-refractivity contribution >= 4 is 47.0 Å². The maximum atomic E-state index is 13.4. The molecule has 0 aliphatic carbocycles. The van der Waals surface area contributed by atoms with E-state index in [-0.39, 0.29) is 18.3 Å². The zero-order valence-corrected chi connectivity index (χ0v) is 19.5. The van der Waals surface area contributed by atoms with Gasteiger partial charge in [0.1, 0.15) is 36.1 Å². The van der Waals surface area contributed by atoms with Gasteiger partial charge in [-0.2, -0.15) is 0 Å². The molecule has 4 aromatic rings. The number of nitrogens with one attached hydrogen (secondary N) is 2.